The van der Waals surface area contributed by atoms with Crippen molar-refractivity contribution >= 4 is 22.7 Å². The van der Waals surface area contributed by atoms with E-state index >= 15 is 0 Å². The van der Waals surface area contributed by atoms with Crippen LogP contribution in [0.15, 0.2) is 115 Å². The minimum absolute atomic E-state index is 0.0430. The first kappa shape index (κ1) is 24.9. The summed E-state index contributed by atoms with van der Waals surface area (Å²) in [6.07, 6.45) is 0. The van der Waals surface area contributed by atoms with Crippen LogP contribution in [0.2, 0.25) is 0 Å². The Labute approximate surface area is 229 Å². The summed E-state index contributed by atoms with van der Waals surface area (Å²) in [6.45, 7) is 5.04. The lowest BCUT2D eigenvalue weighted by molar-refractivity contribution is 0.194. The number of thioether (sulfide) groups is 1. The van der Waals surface area contributed by atoms with Crippen molar-refractivity contribution in [2.75, 3.05) is 18.8 Å². The van der Waals surface area contributed by atoms with Gasteiger partial charge in [0.25, 0.3) is 0 Å². The van der Waals surface area contributed by atoms with E-state index in [1.807, 2.05) is 0 Å². The average Bonchev–Trinajstić information content (AvgIpc) is 2.98. The summed E-state index contributed by atoms with van der Waals surface area (Å²) in [5.74, 6) is 1.11. The molecule has 190 valence electrons. The maximum absolute atomic E-state index is 5.32. The van der Waals surface area contributed by atoms with Gasteiger partial charge in [-0.25, -0.2) is 4.98 Å². The zero-order valence-corrected chi connectivity index (χ0v) is 22.6. The van der Waals surface area contributed by atoms with Crippen LogP contribution in [0.1, 0.15) is 28.3 Å². The van der Waals surface area contributed by atoms with Crippen LogP contribution < -0.4 is 5.32 Å². The summed E-state index contributed by atoms with van der Waals surface area (Å²) in [6, 6.07) is 41.6. The molecule has 1 aliphatic heterocycles. The van der Waals surface area contributed by atoms with Gasteiger partial charge in [0.05, 0.1) is 22.6 Å². The lowest BCUT2D eigenvalue weighted by Gasteiger charge is -2.41. The Bertz CT molecular complexity index is 1480. The molecule has 3 nitrogen and oxygen atoms in total. The number of hydrogen-bond acceptors (Lipinski definition) is 4. The third-order valence-electron chi connectivity index (χ3n) is 7.27. The third kappa shape index (κ3) is 5.39. The van der Waals surface area contributed by atoms with Crippen LogP contribution in [-0.2, 0) is 6.54 Å². The van der Waals surface area contributed by atoms with Gasteiger partial charge in [-0.05, 0) is 36.2 Å². The maximum atomic E-state index is 5.32. The van der Waals surface area contributed by atoms with Gasteiger partial charge in [0.2, 0.25) is 0 Å². The van der Waals surface area contributed by atoms with Crippen LogP contribution in [0.4, 0.5) is 0 Å². The fourth-order valence-electron chi connectivity index (χ4n) is 5.45. The van der Waals surface area contributed by atoms with Gasteiger partial charge in [0.1, 0.15) is 0 Å². The predicted molar refractivity (Wildman–Crippen MR) is 161 cm³/mol. The molecule has 0 amide bonds. The van der Waals surface area contributed by atoms with E-state index in [1.54, 1.807) is 0 Å². The molecule has 1 fully saturated rings. The molecular weight excluding hydrogens is 482 g/mol. The summed E-state index contributed by atoms with van der Waals surface area (Å²) in [4.78, 5) is 8.01. The van der Waals surface area contributed by atoms with E-state index in [4.69, 9.17) is 4.98 Å². The van der Waals surface area contributed by atoms with E-state index in [0.717, 1.165) is 42.2 Å². The number of fused-ring (bicyclic) bond motifs is 1. The standard InChI is InChI=1S/C34H33N3S/c1-25-17-18-31-29(21-25)22-30(33(36-31)27-13-7-3-8-14-27)34(28-15-9-4-10-16-28)37(32-23-35-19-20-38-32)24-26-11-5-2-6-12-26/h2-18,21-22,32,34-35H,19-20,23-24H2,1H3. The van der Waals surface area contributed by atoms with Gasteiger partial charge in [-0.2, -0.15) is 0 Å². The molecule has 4 aromatic carbocycles. The highest BCUT2D eigenvalue weighted by molar-refractivity contribution is 7.99. The van der Waals surface area contributed by atoms with Gasteiger partial charge >= 0.3 is 0 Å². The summed E-state index contributed by atoms with van der Waals surface area (Å²) in [5.41, 5.74) is 8.37. The molecule has 0 radical (unpaired) electrons. The minimum atomic E-state index is 0.0430. The second-order valence-corrected chi connectivity index (χ2v) is 11.3. The van der Waals surface area contributed by atoms with Gasteiger partial charge in [0, 0.05) is 41.9 Å². The average molecular weight is 516 g/mol. The van der Waals surface area contributed by atoms with Crippen molar-refractivity contribution in [3.05, 3.63) is 138 Å². The molecule has 2 atom stereocenters. The van der Waals surface area contributed by atoms with E-state index in [-0.39, 0.29) is 6.04 Å². The summed E-state index contributed by atoms with van der Waals surface area (Å²) >= 11 is 2.06. The SMILES string of the molecule is Cc1ccc2nc(-c3ccccc3)c(C(c3ccccc3)N(Cc3ccccc3)C3CNCCS3)cc2c1. The molecule has 5 aromatic rings. The third-order valence-corrected chi connectivity index (χ3v) is 8.54. The molecule has 0 aliphatic carbocycles. The van der Waals surface area contributed by atoms with Crippen LogP contribution >= 0.6 is 11.8 Å². The van der Waals surface area contributed by atoms with Gasteiger partial charge in [-0.1, -0.05) is 103 Å². The molecule has 0 spiro atoms. The smallest absolute Gasteiger partial charge is 0.0761 e. The van der Waals surface area contributed by atoms with E-state index in [1.165, 1.54) is 27.6 Å². The predicted octanol–water partition coefficient (Wildman–Crippen LogP) is 7.46. The first-order chi connectivity index (χ1) is 18.8. The molecule has 2 unspecified atom stereocenters. The number of benzene rings is 4. The number of nitrogens with zero attached hydrogens (tertiary/aromatic N) is 2. The number of rotatable bonds is 7. The summed E-state index contributed by atoms with van der Waals surface area (Å²) in [7, 11) is 0. The molecule has 1 aromatic heterocycles. The Morgan fingerprint density at radius 1 is 0.868 bits per heavy atom. The largest absolute Gasteiger partial charge is 0.313 e. The highest BCUT2D eigenvalue weighted by atomic mass is 32.2. The molecule has 6 rings (SSSR count). The number of nitrogens with one attached hydrogen (secondary N) is 1. The Balaban J connectivity index is 1.59. The fourth-order valence-corrected chi connectivity index (χ4v) is 6.61. The van der Waals surface area contributed by atoms with Gasteiger partial charge < -0.3 is 5.32 Å². The van der Waals surface area contributed by atoms with Crippen LogP contribution in [0.5, 0.6) is 0 Å². The molecule has 0 saturated carbocycles. The van der Waals surface area contributed by atoms with Crippen molar-refractivity contribution in [2.45, 2.75) is 24.9 Å². The Hall–Kier alpha value is -3.44. The van der Waals surface area contributed by atoms with Crippen molar-refractivity contribution in [1.29, 1.82) is 0 Å². The molecule has 0 bridgehead atoms. The lowest BCUT2D eigenvalue weighted by Crippen LogP contribution is -2.46. The quantitative estimate of drug-likeness (QED) is 0.243. The van der Waals surface area contributed by atoms with Crippen LogP contribution in [0.3, 0.4) is 0 Å². The normalized spacial score (nSPS) is 16.5. The first-order valence-electron chi connectivity index (χ1n) is 13.4. The topological polar surface area (TPSA) is 28.2 Å². The lowest BCUT2D eigenvalue weighted by atomic mass is 9.91. The van der Waals surface area contributed by atoms with E-state index < -0.39 is 0 Å². The number of hydrogen-bond donors (Lipinski definition) is 1. The Morgan fingerprint density at radius 3 is 2.29 bits per heavy atom. The van der Waals surface area contributed by atoms with E-state index in [9.17, 15) is 0 Å². The molecular formula is C34H33N3S. The van der Waals surface area contributed by atoms with Crippen LogP contribution in [0.25, 0.3) is 22.2 Å². The number of aryl methyl sites for hydroxylation is 1. The second-order valence-electron chi connectivity index (χ2n) is 9.99. The monoisotopic (exact) mass is 515 g/mol. The molecule has 1 aliphatic rings. The summed E-state index contributed by atoms with van der Waals surface area (Å²) in [5, 5.41) is 5.19. The maximum Gasteiger partial charge on any atom is 0.0761 e. The van der Waals surface area contributed by atoms with Crippen molar-refractivity contribution in [2.24, 2.45) is 0 Å². The Kier molecular flexibility index (Phi) is 7.54. The zero-order chi connectivity index (χ0) is 25.7. The number of pyridine rings is 1. The van der Waals surface area contributed by atoms with Gasteiger partial charge in [-0.3, -0.25) is 4.90 Å². The molecule has 38 heavy (non-hydrogen) atoms. The molecule has 1 N–H and O–H groups in total. The highest BCUT2D eigenvalue weighted by Crippen LogP contribution is 2.40. The van der Waals surface area contributed by atoms with Crippen LogP contribution in [0, 0.1) is 6.92 Å². The van der Waals surface area contributed by atoms with Crippen molar-refractivity contribution in [3.63, 3.8) is 0 Å². The van der Waals surface area contributed by atoms with E-state index in [0.29, 0.717) is 5.37 Å². The first-order valence-corrected chi connectivity index (χ1v) is 14.4. The summed E-state index contributed by atoms with van der Waals surface area (Å²) < 4.78 is 0. The van der Waals surface area contributed by atoms with Crippen molar-refractivity contribution in [1.82, 2.24) is 15.2 Å². The highest BCUT2D eigenvalue weighted by Gasteiger charge is 2.33. The minimum Gasteiger partial charge on any atom is -0.313 e. The number of aromatic nitrogens is 1. The van der Waals surface area contributed by atoms with Gasteiger partial charge in [0.15, 0.2) is 0 Å². The molecule has 4 heteroatoms. The van der Waals surface area contributed by atoms with E-state index in [2.05, 4.69) is 144 Å². The molecule has 2 heterocycles. The van der Waals surface area contributed by atoms with Crippen molar-refractivity contribution < 1.29 is 0 Å². The Morgan fingerprint density at radius 2 is 1.58 bits per heavy atom. The zero-order valence-electron chi connectivity index (χ0n) is 21.8. The molecule has 1 saturated heterocycles. The van der Waals surface area contributed by atoms with Crippen molar-refractivity contribution in [3.8, 4) is 11.3 Å². The van der Waals surface area contributed by atoms with Crippen LogP contribution in [-0.4, -0.2) is 34.1 Å². The fraction of sp³-hybridized carbons (Fsp3) is 0.206. The second kappa shape index (κ2) is 11.5. The van der Waals surface area contributed by atoms with Gasteiger partial charge in [-0.15, -0.1) is 11.8 Å².